The lowest BCUT2D eigenvalue weighted by molar-refractivity contribution is -0.130. The monoisotopic (exact) mass is 186 g/mol. The number of piperidine rings is 1. The predicted molar refractivity (Wildman–Crippen MR) is 46.4 cm³/mol. The van der Waals surface area contributed by atoms with Gasteiger partial charge in [0.25, 0.3) is 0 Å². The molecule has 1 rings (SSSR count). The first kappa shape index (κ1) is 9.83. The molecule has 1 fully saturated rings. The van der Waals surface area contributed by atoms with Crippen LogP contribution in [0.4, 0.5) is 4.79 Å². The van der Waals surface area contributed by atoms with Gasteiger partial charge in [0.05, 0.1) is 0 Å². The second kappa shape index (κ2) is 4.11. The molecular formula is C8H14N2O3. The molecule has 0 aromatic rings. The summed E-state index contributed by atoms with van der Waals surface area (Å²) in [6.45, 7) is 2.75. The fourth-order valence-corrected chi connectivity index (χ4v) is 1.56. The van der Waals surface area contributed by atoms with Gasteiger partial charge in [-0.2, -0.15) is 0 Å². The topological polar surface area (TPSA) is 69.6 Å². The summed E-state index contributed by atoms with van der Waals surface area (Å²) in [4.78, 5) is 23.0. The van der Waals surface area contributed by atoms with Crippen LogP contribution in [-0.4, -0.2) is 41.1 Å². The number of carbonyl (C=O) groups is 2. The molecule has 2 amide bonds. The Kier molecular flexibility index (Phi) is 3.11. The number of rotatable bonds is 1. The summed E-state index contributed by atoms with van der Waals surface area (Å²) in [5.74, 6) is 0.0110. The maximum Gasteiger partial charge on any atom is 0.404 e. The summed E-state index contributed by atoms with van der Waals surface area (Å²) >= 11 is 0. The number of hydrogen-bond acceptors (Lipinski definition) is 2. The Labute approximate surface area is 76.7 Å². The third-order valence-corrected chi connectivity index (χ3v) is 2.19. The lowest BCUT2D eigenvalue weighted by atomic mass is 10.1. The molecular weight excluding hydrogens is 172 g/mol. The smallest absolute Gasteiger partial charge is 0.404 e. The lowest BCUT2D eigenvalue weighted by Crippen LogP contribution is -2.48. The van der Waals surface area contributed by atoms with E-state index in [1.54, 1.807) is 4.90 Å². The predicted octanol–water partition coefficient (Wildman–Crippen LogP) is 0.265. The largest absolute Gasteiger partial charge is 0.465 e. The third kappa shape index (κ3) is 2.93. The van der Waals surface area contributed by atoms with Gasteiger partial charge in [-0.1, -0.05) is 0 Å². The van der Waals surface area contributed by atoms with Gasteiger partial charge in [0.15, 0.2) is 0 Å². The lowest BCUT2D eigenvalue weighted by Gasteiger charge is -2.31. The van der Waals surface area contributed by atoms with Gasteiger partial charge in [0.1, 0.15) is 0 Å². The summed E-state index contributed by atoms with van der Waals surface area (Å²) in [6.07, 6.45) is 0.663. The second-order valence-corrected chi connectivity index (χ2v) is 3.25. The number of amides is 2. The van der Waals surface area contributed by atoms with E-state index in [1.165, 1.54) is 6.92 Å². The van der Waals surface area contributed by atoms with E-state index in [4.69, 9.17) is 5.11 Å². The molecule has 74 valence electrons. The summed E-state index contributed by atoms with van der Waals surface area (Å²) in [5, 5.41) is 10.9. The van der Waals surface area contributed by atoms with Crippen LogP contribution in [0.1, 0.15) is 19.8 Å². The molecule has 0 saturated carbocycles. The number of carboxylic acid groups (broad SMARTS) is 1. The molecule has 5 heteroatoms. The van der Waals surface area contributed by atoms with Gasteiger partial charge >= 0.3 is 6.09 Å². The average Bonchev–Trinajstić information content (AvgIpc) is 2.03. The van der Waals surface area contributed by atoms with Crippen LogP contribution < -0.4 is 5.32 Å². The molecule has 1 atom stereocenters. The fraction of sp³-hybridized carbons (Fsp3) is 0.750. The number of hydrogen-bond donors (Lipinski definition) is 2. The number of likely N-dealkylation sites (tertiary alicyclic amines) is 1. The van der Waals surface area contributed by atoms with E-state index >= 15 is 0 Å². The van der Waals surface area contributed by atoms with Gasteiger partial charge < -0.3 is 15.3 Å². The van der Waals surface area contributed by atoms with Crippen LogP contribution in [-0.2, 0) is 4.79 Å². The van der Waals surface area contributed by atoms with Crippen LogP contribution in [0.25, 0.3) is 0 Å². The average molecular weight is 186 g/mol. The Balaban J connectivity index is 2.41. The van der Waals surface area contributed by atoms with Crippen molar-refractivity contribution in [3.8, 4) is 0 Å². The van der Waals surface area contributed by atoms with E-state index in [9.17, 15) is 9.59 Å². The Bertz CT molecular complexity index is 217. The quantitative estimate of drug-likeness (QED) is 0.617. The first-order chi connectivity index (χ1) is 6.09. The molecule has 1 saturated heterocycles. The number of nitrogens with one attached hydrogen (secondary N) is 1. The molecule has 0 aromatic carbocycles. The fourth-order valence-electron chi connectivity index (χ4n) is 1.56. The number of nitrogens with zero attached hydrogens (tertiary/aromatic N) is 1. The first-order valence-corrected chi connectivity index (χ1v) is 4.34. The van der Waals surface area contributed by atoms with Crippen LogP contribution in [0.3, 0.4) is 0 Å². The molecule has 1 aliphatic heterocycles. The molecule has 2 N–H and O–H groups in total. The van der Waals surface area contributed by atoms with E-state index in [1.807, 2.05) is 0 Å². The molecule has 0 spiro atoms. The van der Waals surface area contributed by atoms with Gasteiger partial charge in [-0.15, -0.1) is 0 Å². The Morgan fingerprint density at radius 2 is 2.23 bits per heavy atom. The Morgan fingerprint density at radius 3 is 2.77 bits per heavy atom. The van der Waals surface area contributed by atoms with Crippen molar-refractivity contribution in [1.29, 1.82) is 0 Å². The summed E-state index contributed by atoms with van der Waals surface area (Å²) in [6, 6.07) is -0.102. The van der Waals surface area contributed by atoms with Crippen LogP contribution in [0.15, 0.2) is 0 Å². The second-order valence-electron chi connectivity index (χ2n) is 3.25. The van der Waals surface area contributed by atoms with Crippen molar-refractivity contribution in [2.75, 3.05) is 13.1 Å². The Morgan fingerprint density at radius 1 is 1.54 bits per heavy atom. The summed E-state index contributed by atoms with van der Waals surface area (Å²) in [7, 11) is 0. The minimum atomic E-state index is -1.02. The van der Waals surface area contributed by atoms with Crippen LogP contribution >= 0.6 is 0 Å². The maximum absolute atomic E-state index is 11.0. The van der Waals surface area contributed by atoms with Crippen molar-refractivity contribution >= 4 is 12.0 Å². The highest BCUT2D eigenvalue weighted by atomic mass is 16.4. The number of carbonyl (C=O) groups excluding carboxylic acids is 1. The highest BCUT2D eigenvalue weighted by Crippen LogP contribution is 2.09. The van der Waals surface area contributed by atoms with E-state index < -0.39 is 6.09 Å². The zero-order chi connectivity index (χ0) is 9.84. The molecule has 0 aromatic heterocycles. The van der Waals surface area contributed by atoms with Crippen molar-refractivity contribution in [2.24, 2.45) is 0 Å². The van der Waals surface area contributed by atoms with E-state index in [0.717, 1.165) is 19.4 Å². The molecule has 0 aliphatic carbocycles. The van der Waals surface area contributed by atoms with Crippen molar-refractivity contribution < 1.29 is 14.7 Å². The summed E-state index contributed by atoms with van der Waals surface area (Å²) in [5.41, 5.74) is 0. The Hall–Kier alpha value is -1.26. The molecule has 1 aliphatic rings. The first-order valence-electron chi connectivity index (χ1n) is 4.34. The zero-order valence-corrected chi connectivity index (χ0v) is 7.62. The maximum atomic E-state index is 11.0. The molecule has 13 heavy (non-hydrogen) atoms. The summed E-state index contributed by atoms with van der Waals surface area (Å²) < 4.78 is 0. The zero-order valence-electron chi connectivity index (χ0n) is 7.62. The standard InChI is InChI=1S/C8H14N2O3/c1-6(11)10-4-2-3-7(5-10)9-8(12)13/h7,9H,2-5H2,1H3,(H,12,13)/t7-/m1/s1. The van der Waals surface area contributed by atoms with Crippen molar-refractivity contribution in [3.63, 3.8) is 0 Å². The van der Waals surface area contributed by atoms with Gasteiger partial charge in [-0.05, 0) is 12.8 Å². The molecule has 0 radical (unpaired) electrons. The van der Waals surface area contributed by atoms with Crippen molar-refractivity contribution in [2.45, 2.75) is 25.8 Å². The minimum absolute atomic E-state index is 0.0110. The van der Waals surface area contributed by atoms with E-state index in [2.05, 4.69) is 5.32 Å². The highest BCUT2D eigenvalue weighted by molar-refractivity contribution is 5.73. The molecule has 5 nitrogen and oxygen atoms in total. The highest BCUT2D eigenvalue weighted by Gasteiger charge is 2.22. The van der Waals surface area contributed by atoms with Crippen LogP contribution in [0.2, 0.25) is 0 Å². The van der Waals surface area contributed by atoms with Crippen LogP contribution in [0.5, 0.6) is 0 Å². The van der Waals surface area contributed by atoms with Gasteiger partial charge in [0.2, 0.25) is 5.91 Å². The normalized spacial score (nSPS) is 22.5. The van der Waals surface area contributed by atoms with Crippen molar-refractivity contribution in [1.82, 2.24) is 10.2 Å². The third-order valence-electron chi connectivity index (χ3n) is 2.19. The molecule has 0 unspecified atom stereocenters. The van der Waals surface area contributed by atoms with E-state index in [-0.39, 0.29) is 11.9 Å². The molecule has 1 heterocycles. The van der Waals surface area contributed by atoms with Gasteiger partial charge in [0, 0.05) is 26.1 Å². The van der Waals surface area contributed by atoms with Crippen LogP contribution in [0, 0.1) is 0 Å². The molecule has 0 bridgehead atoms. The van der Waals surface area contributed by atoms with Gasteiger partial charge in [-0.25, -0.2) is 4.79 Å². The minimum Gasteiger partial charge on any atom is -0.465 e. The van der Waals surface area contributed by atoms with Crippen molar-refractivity contribution in [3.05, 3.63) is 0 Å². The SMILES string of the molecule is CC(=O)N1CCC[C@@H](NC(=O)O)C1. The van der Waals surface area contributed by atoms with E-state index in [0.29, 0.717) is 6.54 Å². The van der Waals surface area contributed by atoms with Gasteiger partial charge in [-0.3, -0.25) is 4.79 Å².